The van der Waals surface area contributed by atoms with Crippen molar-refractivity contribution in [2.45, 2.75) is 6.42 Å². The first-order chi connectivity index (χ1) is 7.59. The minimum Gasteiger partial charge on any atom is -0.338 e. The molecule has 0 spiro atoms. The molecule has 0 bridgehead atoms. The highest BCUT2D eigenvalue weighted by atomic mass is 79.9. The zero-order valence-corrected chi connectivity index (χ0v) is 9.85. The van der Waals surface area contributed by atoms with Gasteiger partial charge in [-0.25, -0.2) is 13.6 Å². The minimum atomic E-state index is -0.746. The van der Waals surface area contributed by atoms with E-state index in [1.807, 2.05) is 0 Å². The predicted octanol–water partition coefficient (Wildman–Crippen LogP) is 2.65. The monoisotopic (exact) mass is 290 g/mol. The van der Waals surface area contributed by atoms with Gasteiger partial charge in [-0.1, -0.05) is 15.9 Å². The molecule has 0 aliphatic carbocycles. The highest BCUT2D eigenvalue weighted by molar-refractivity contribution is 9.10. The molecule has 1 N–H and O–H groups in total. The maximum Gasteiger partial charge on any atom is 0.322 e. The van der Waals surface area contributed by atoms with Crippen LogP contribution >= 0.6 is 15.9 Å². The number of carbonyl (C=O) groups excluding carboxylic acids is 1. The molecule has 1 saturated heterocycles. The van der Waals surface area contributed by atoms with E-state index < -0.39 is 17.7 Å². The van der Waals surface area contributed by atoms with Crippen molar-refractivity contribution in [3.63, 3.8) is 0 Å². The molecule has 16 heavy (non-hydrogen) atoms. The van der Waals surface area contributed by atoms with E-state index in [0.717, 1.165) is 17.0 Å². The fraction of sp³-hybridized carbons (Fsp3) is 0.300. The van der Waals surface area contributed by atoms with Crippen molar-refractivity contribution < 1.29 is 13.6 Å². The summed E-state index contributed by atoms with van der Waals surface area (Å²) in [6, 6.07) is 1.81. The summed E-state index contributed by atoms with van der Waals surface area (Å²) in [7, 11) is 0. The lowest BCUT2D eigenvalue weighted by Gasteiger charge is -2.28. The van der Waals surface area contributed by atoms with Crippen molar-refractivity contribution in [2.24, 2.45) is 0 Å². The lowest BCUT2D eigenvalue weighted by molar-refractivity contribution is 0.242. The lowest BCUT2D eigenvalue weighted by atomic mass is 10.2. The van der Waals surface area contributed by atoms with E-state index in [-0.39, 0.29) is 5.69 Å². The first-order valence-corrected chi connectivity index (χ1v) is 5.59. The quantitative estimate of drug-likeness (QED) is 0.847. The van der Waals surface area contributed by atoms with Gasteiger partial charge >= 0.3 is 6.03 Å². The minimum absolute atomic E-state index is 0.291. The summed E-state index contributed by atoms with van der Waals surface area (Å²) in [4.78, 5) is 12.5. The Morgan fingerprint density at radius 2 is 1.94 bits per heavy atom. The van der Waals surface area contributed by atoms with E-state index in [2.05, 4.69) is 21.2 Å². The summed E-state index contributed by atoms with van der Waals surface area (Å²) in [6.45, 7) is 0.858. The van der Waals surface area contributed by atoms with Crippen LogP contribution in [0.2, 0.25) is 0 Å². The molecule has 3 nitrogen and oxygen atoms in total. The second-order valence-corrected chi connectivity index (χ2v) is 4.37. The molecule has 86 valence electrons. The largest absolute Gasteiger partial charge is 0.338 e. The Labute approximate surface area is 99.6 Å². The third-order valence-corrected chi connectivity index (χ3v) is 2.79. The molecular weight excluding hydrogens is 282 g/mol. The van der Waals surface area contributed by atoms with Gasteiger partial charge in [-0.05, 0) is 18.6 Å². The molecule has 0 saturated carbocycles. The number of carbonyl (C=O) groups is 1. The van der Waals surface area contributed by atoms with Crippen LogP contribution in [0.5, 0.6) is 0 Å². The second kappa shape index (κ2) is 4.37. The number of nitrogens with zero attached hydrogens (tertiary/aromatic N) is 1. The molecule has 2 rings (SSSR count). The normalized spacial score (nSPS) is 16.2. The zero-order chi connectivity index (χ0) is 11.7. The van der Waals surface area contributed by atoms with Crippen LogP contribution in [0.25, 0.3) is 0 Å². The molecule has 1 aliphatic rings. The summed E-state index contributed by atoms with van der Waals surface area (Å²) in [5, 5.41) is 2.54. The molecule has 0 unspecified atom stereocenters. The fourth-order valence-electron chi connectivity index (χ4n) is 1.64. The van der Waals surface area contributed by atoms with E-state index in [0.29, 0.717) is 24.0 Å². The van der Waals surface area contributed by atoms with Crippen LogP contribution in [0, 0.1) is 11.6 Å². The van der Waals surface area contributed by atoms with E-state index >= 15 is 0 Å². The topological polar surface area (TPSA) is 32.3 Å². The maximum absolute atomic E-state index is 13.6. The Hall–Kier alpha value is -1.17. The van der Waals surface area contributed by atoms with Gasteiger partial charge in [0, 0.05) is 17.6 Å². The smallest absolute Gasteiger partial charge is 0.322 e. The summed E-state index contributed by atoms with van der Waals surface area (Å²) in [6.07, 6.45) is 0.667. The number of halogens is 3. The molecule has 6 heteroatoms. The van der Waals surface area contributed by atoms with Gasteiger partial charge < -0.3 is 5.32 Å². The third kappa shape index (κ3) is 2.02. The first-order valence-electron chi connectivity index (χ1n) is 4.79. The Balaban J connectivity index is 2.42. The first kappa shape index (κ1) is 11.3. The van der Waals surface area contributed by atoms with Crippen LogP contribution < -0.4 is 10.2 Å². The van der Waals surface area contributed by atoms with Gasteiger partial charge in [-0.2, -0.15) is 0 Å². The Kier molecular flexibility index (Phi) is 3.09. The number of amides is 2. The third-order valence-electron chi connectivity index (χ3n) is 2.33. The molecule has 2 amide bonds. The van der Waals surface area contributed by atoms with Crippen LogP contribution in [0.1, 0.15) is 6.42 Å². The molecule has 1 aliphatic heterocycles. The molecule has 1 fully saturated rings. The van der Waals surface area contributed by atoms with Gasteiger partial charge in [0.25, 0.3) is 0 Å². The fourth-order valence-corrected chi connectivity index (χ4v) is 2.04. The van der Waals surface area contributed by atoms with E-state index in [4.69, 9.17) is 0 Å². The zero-order valence-electron chi connectivity index (χ0n) is 8.27. The Morgan fingerprint density at radius 1 is 1.31 bits per heavy atom. The second-order valence-electron chi connectivity index (χ2n) is 3.46. The van der Waals surface area contributed by atoms with Gasteiger partial charge in [-0.15, -0.1) is 0 Å². The number of hydrogen-bond donors (Lipinski definition) is 1. The van der Waals surface area contributed by atoms with Crippen molar-refractivity contribution in [2.75, 3.05) is 18.0 Å². The summed E-state index contributed by atoms with van der Waals surface area (Å²) >= 11 is 2.99. The van der Waals surface area contributed by atoms with Crippen molar-refractivity contribution in [1.29, 1.82) is 0 Å². The van der Waals surface area contributed by atoms with E-state index in [9.17, 15) is 13.6 Å². The average molecular weight is 291 g/mol. The highest BCUT2D eigenvalue weighted by Crippen LogP contribution is 2.28. The average Bonchev–Trinajstić information content (AvgIpc) is 2.19. The van der Waals surface area contributed by atoms with Crippen LogP contribution in [-0.2, 0) is 0 Å². The van der Waals surface area contributed by atoms with Gasteiger partial charge in [0.1, 0.15) is 5.69 Å². The molecule has 0 aromatic heterocycles. The summed E-state index contributed by atoms with van der Waals surface area (Å²) < 4.78 is 27.5. The van der Waals surface area contributed by atoms with Crippen molar-refractivity contribution in [3.8, 4) is 0 Å². The number of nitrogens with one attached hydrogen (secondary N) is 1. The number of benzene rings is 1. The summed E-state index contributed by atoms with van der Waals surface area (Å²) in [5.41, 5.74) is -0.291. The van der Waals surface area contributed by atoms with E-state index in [1.54, 1.807) is 0 Å². The maximum atomic E-state index is 13.6. The van der Waals surface area contributed by atoms with Crippen LogP contribution in [0.15, 0.2) is 16.6 Å². The van der Waals surface area contributed by atoms with E-state index in [1.165, 1.54) is 0 Å². The SMILES string of the molecule is O=C1NCCCN1c1c(F)cc(Br)cc1F. The van der Waals surface area contributed by atoms with Crippen molar-refractivity contribution in [1.82, 2.24) is 5.32 Å². The van der Waals surface area contributed by atoms with Crippen molar-refractivity contribution in [3.05, 3.63) is 28.2 Å². The van der Waals surface area contributed by atoms with Gasteiger partial charge in [0.05, 0.1) is 0 Å². The van der Waals surface area contributed by atoms with Crippen LogP contribution in [-0.4, -0.2) is 19.1 Å². The molecule has 1 aromatic rings. The molecule has 1 heterocycles. The van der Waals surface area contributed by atoms with Gasteiger partial charge in [0.2, 0.25) is 0 Å². The molecule has 0 radical (unpaired) electrons. The summed E-state index contributed by atoms with van der Waals surface area (Å²) in [5.74, 6) is -1.49. The predicted molar refractivity (Wildman–Crippen MR) is 59.4 cm³/mol. The van der Waals surface area contributed by atoms with Crippen LogP contribution in [0.4, 0.5) is 19.3 Å². The number of anilines is 1. The van der Waals surface area contributed by atoms with Gasteiger partial charge in [0.15, 0.2) is 11.6 Å². The Bertz CT molecular complexity index is 416. The molecule has 1 aromatic carbocycles. The molecular formula is C10H9BrF2N2O. The Morgan fingerprint density at radius 3 is 2.50 bits per heavy atom. The van der Waals surface area contributed by atoms with Crippen molar-refractivity contribution >= 4 is 27.6 Å². The number of hydrogen-bond acceptors (Lipinski definition) is 1. The van der Waals surface area contributed by atoms with Gasteiger partial charge in [-0.3, -0.25) is 4.90 Å². The molecule has 0 atom stereocenters. The number of urea groups is 1. The highest BCUT2D eigenvalue weighted by Gasteiger charge is 2.25. The lowest BCUT2D eigenvalue weighted by Crippen LogP contribution is -2.47. The number of rotatable bonds is 1. The van der Waals surface area contributed by atoms with Crippen LogP contribution in [0.3, 0.4) is 0 Å². The standard InChI is InChI=1S/C10H9BrF2N2O/c11-6-4-7(12)9(8(13)5-6)15-3-1-2-14-10(15)16/h4-5H,1-3H2,(H,14,16).